The molecular formula is C32H36N4O2. The van der Waals surface area contributed by atoms with Gasteiger partial charge in [-0.1, -0.05) is 60.7 Å². The minimum absolute atomic E-state index is 0.214. The van der Waals surface area contributed by atoms with Gasteiger partial charge in [-0.15, -0.1) is 0 Å². The van der Waals surface area contributed by atoms with E-state index in [9.17, 15) is 4.79 Å². The molecule has 0 radical (unpaired) electrons. The standard InChI is InChI=1S/C32H36N4O2/c1-38-31-14-8-7-13-29(31)34-20-17-33(18-21-34)19-22-36-28-12-6-5-11-26(28)27-15-16-35(24-30(27)36)32(37)23-25-9-3-2-4-10-25/h2-14H,15-24H2,1H3. The quantitative estimate of drug-likeness (QED) is 0.366. The lowest BCUT2D eigenvalue weighted by molar-refractivity contribution is -0.131. The highest BCUT2D eigenvalue weighted by atomic mass is 16.5. The third-order valence-electron chi connectivity index (χ3n) is 8.16. The van der Waals surface area contributed by atoms with Crippen molar-refractivity contribution in [2.24, 2.45) is 0 Å². The molecule has 0 spiro atoms. The molecule has 0 saturated carbocycles. The van der Waals surface area contributed by atoms with E-state index < -0.39 is 0 Å². The van der Waals surface area contributed by atoms with Crippen molar-refractivity contribution in [3.05, 3.63) is 95.7 Å². The highest BCUT2D eigenvalue weighted by Gasteiger charge is 2.27. The fourth-order valence-electron chi connectivity index (χ4n) is 6.09. The molecule has 1 saturated heterocycles. The molecule has 6 rings (SSSR count). The van der Waals surface area contributed by atoms with Gasteiger partial charge in [-0.2, -0.15) is 0 Å². The van der Waals surface area contributed by atoms with Gasteiger partial charge in [-0.05, 0) is 35.7 Å². The summed E-state index contributed by atoms with van der Waals surface area (Å²) in [5, 5.41) is 1.35. The number of carbonyl (C=O) groups is 1. The zero-order valence-electron chi connectivity index (χ0n) is 22.2. The van der Waals surface area contributed by atoms with E-state index in [1.165, 1.54) is 27.8 Å². The molecule has 1 fully saturated rings. The Labute approximate surface area is 225 Å². The summed E-state index contributed by atoms with van der Waals surface area (Å²) in [6, 6.07) is 27.1. The van der Waals surface area contributed by atoms with Gasteiger partial charge < -0.3 is 19.1 Å². The number of fused-ring (bicyclic) bond motifs is 3. The van der Waals surface area contributed by atoms with Gasteiger partial charge in [0.2, 0.25) is 5.91 Å². The average Bonchev–Trinajstić information content (AvgIpc) is 3.29. The molecule has 4 aromatic rings. The lowest BCUT2D eigenvalue weighted by Gasteiger charge is -2.37. The van der Waals surface area contributed by atoms with E-state index in [-0.39, 0.29) is 5.91 Å². The Morgan fingerprint density at radius 1 is 0.816 bits per heavy atom. The van der Waals surface area contributed by atoms with Crippen molar-refractivity contribution in [1.82, 2.24) is 14.4 Å². The molecule has 2 aliphatic heterocycles. The van der Waals surface area contributed by atoms with E-state index in [2.05, 4.69) is 55.7 Å². The van der Waals surface area contributed by atoms with Crippen LogP contribution in [0, 0.1) is 0 Å². The molecule has 2 aliphatic rings. The first-order valence-corrected chi connectivity index (χ1v) is 13.7. The van der Waals surface area contributed by atoms with Gasteiger partial charge in [0.05, 0.1) is 25.8 Å². The molecule has 0 atom stereocenters. The number of hydrogen-bond donors (Lipinski definition) is 0. The van der Waals surface area contributed by atoms with Crippen molar-refractivity contribution in [2.45, 2.75) is 25.9 Å². The Hall–Kier alpha value is -3.77. The zero-order chi connectivity index (χ0) is 25.9. The number of carbonyl (C=O) groups excluding carboxylic acids is 1. The third-order valence-corrected chi connectivity index (χ3v) is 8.16. The molecule has 1 aromatic heterocycles. The highest BCUT2D eigenvalue weighted by Crippen LogP contribution is 2.32. The predicted molar refractivity (Wildman–Crippen MR) is 153 cm³/mol. The number of aromatic nitrogens is 1. The van der Waals surface area contributed by atoms with E-state index in [0.29, 0.717) is 13.0 Å². The number of methoxy groups -OCH3 is 1. The van der Waals surface area contributed by atoms with Crippen molar-refractivity contribution >= 4 is 22.5 Å². The summed E-state index contributed by atoms with van der Waals surface area (Å²) in [6.07, 6.45) is 1.38. The number of hydrogen-bond acceptors (Lipinski definition) is 4. The average molecular weight is 509 g/mol. The molecule has 3 heterocycles. The van der Waals surface area contributed by atoms with Gasteiger partial charge >= 0.3 is 0 Å². The van der Waals surface area contributed by atoms with Gasteiger partial charge in [0.15, 0.2) is 0 Å². The normalized spacial score (nSPS) is 16.0. The Balaban J connectivity index is 1.15. The summed E-state index contributed by atoms with van der Waals surface area (Å²) in [6.45, 7) is 7.46. The second kappa shape index (κ2) is 10.9. The second-order valence-electron chi connectivity index (χ2n) is 10.3. The highest BCUT2D eigenvalue weighted by molar-refractivity contribution is 5.87. The molecule has 0 bridgehead atoms. The predicted octanol–water partition coefficient (Wildman–Crippen LogP) is 4.60. The molecule has 0 unspecified atom stereocenters. The third kappa shape index (κ3) is 4.88. The van der Waals surface area contributed by atoms with E-state index in [0.717, 1.165) is 63.5 Å². The lowest BCUT2D eigenvalue weighted by Crippen LogP contribution is -2.47. The van der Waals surface area contributed by atoms with Gasteiger partial charge in [0.1, 0.15) is 5.75 Å². The summed E-state index contributed by atoms with van der Waals surface area (Å²) in [4.78, 5) is 20.2. The summed E-state index contributed by atoms with van der Waals surface area (Å²) < 4.78 is 8.07. The van der Waals surface area contributed by atoms with Crippen molar-refractivity contribution in [3.63, 3.8) is 0 Å². The molecule has 3 aromatic carbocycles. The molecule has 0 N–H and O–H groups in total. The van der Waals surface area contributed by atoms with Gasteiger partial charge in [-0.25, -0.2) is 0 Å². The molecule has 6 heteroatoms. The van der Waals surface area contributed by atoms with E-state index in [1.807, 2.05) is 42.5 Å². The van der Waals surface area contributed by atoms with Crippen LogP contribution in [0.2, 0.25) is 0 Å². The van der Waals surface area contributed by atoms with Crippen LogP contribution in [-0.4, -0.2) is 66.7 Å². The van der Waals surface area contributed by atoms with Crippen molar-refractivity contribution < 1.29 is 9.53 Å². The first-order valence-electron chi connectivity index (χ1n) is 13.7. The topological polar surface area (TPSA) is 41.0 Å². The minimum Gasteiger partial charge on any atom is -0.495 e. The summed E-state index contributed by atoms with van der Waals surface area (Å²) in [7, 11) is 1.74. The Morgan fingerprint density at radius 3 is 2.37 bits per heavy atom. The summed E-state index contributed by atoms with van der Waals surface area (Å²) >= 11 is 0. The van der Waals surface area contributed by atoms with Crippen LogP contribution in [0.5, 0.6) is 5.75 Å². The van der Waals surface area contributed by atoms with E-state index >= 15 is 0 Å². The number of piperazine rings is 1. The van der Waals surface area contributed by atoms with E-state index in [1.54, 1.807) is 7.11 Å². The summed E-state index contributed by atoms with van der Waals surface area (Å²) in [5.41, 5.74) is 6.29. The smallest absolute Gasteiger partial charge is 0.227 e. The van der Waals surface area contributed by atoms with Crippen LogP contribution < -0.4 is 9.64 Å². The van der Waals surface area contributed by atoms with Crippen molar-refractivity contribution in [3.8, 4) is 5.75 Å². The maximum atomic E-state index is 13.2. The number of para-hydroxylation sites is 3. The van der Waals surface area contributed by atoms with Crippen LogP contribution in [0.15, 0.2) is 78.9 Å². The number of nitrogens with zero attached hydrogens (tertiary/aromatic N) is 4. The number of benzene rings is 3. The molecule has 6 nitrogen and oxygen atoms in total. The van der Waals surface area contributed by atoms with Crippen molar-refractivity contribution in [2.75, 3.05) is 51.3 Å². The van der Waals surface area contributed by atoms with Crippen LogP contribution in [-0.2, 0) is 30.7 Å². The second-order valence-corrected chi connectivity index (χ2v) is 10.3. The number of rotatable bonds is 7. The zero-order valence-corrected chi connectivity index (χ0v) is 22.2. The van der Waals surface area contributed by atoms with Crippen molar-refractivity contribution in [1.29, 1.82) is 0 Å². The summed E-state index contributed by atoms with van der Waals surface area (Å²) in [5.74, 6) is 1.16. The fraction of sp³-hybridized carbons (Fsp3) is 0.344. The SMILES string of the molecule is COc1ccccc1N1CCN(CCn2c3c(c4ccccc42)CCN(C(=O)Cc2ccccc2)C3)CC1. The lowest BCUT2D eigenvalue weighted by atomic mass is 10.0. The number of anilines is 1. The first-order chi connectivity index (χ1) is 18.7. The number of ether oxygens (including phenoxy) is 1. The van der Waals surface area contributed by atoms with Crippen LogP contribution in [0.25, 0.3) is 10.9 Å². The number of amides is 1. The minimum atomic E-state index is 0.214. The molecule has 196 valence electrons. The van der Waals surface area contributed by atoms with Gasteiger partial charge in [-0.3, -0.25) is 9.69 Å². The molecule has 38 heavy (non-hydrogen) atoms. The Bertz CT molecular complexity index is 1410. The Morgan fingerprint density at radius 2 is 1.55 bits per heavy atom. The molecular weight excluding hydrogens is 472 g/mol. The largest absolute Gasteiger partial charge is 0.495 e. The van der Waals surface area contributed by atoms with Gasteiger partial charge in [0.25, 0.3) is 0 Å². The van der Waals surface area contributed by atoms with E-state index in [4.69, 9.17) is 4.74 Å². The maximum absolute atomic E-state index is 13.2. The molecule has 1 amide bonds. The first kappa shape index (κ1) is 24.6. The fourth-order valence-corrected chi connectivity index (χ4v) is 6.09. The van der Waals surface area contributed by atoms with Crippen LogP contribution in [0.1, 0.15) is 16.8 Å². The monoisotopic (exact) mass is 508 g/mol. The maximum Gasteiger partial charge on any atom is 0.227 e. The van der Waals surface area contributed by atoms with Crippen LogP contribution in [0.4, 0.5) is 5.69 Å². The van der Waals surface area contributed by atoms with Crippen LogP contribution in [0.3, 0.4) is 0 Å². The van der Waals surface area contributed by atoms with Gasteiger partial charge in [0, 0.05) is 62.4 Å². The Kier molecular flexibility index (Phi) is 7.06. The van der Waals surface area contributed by atoms with Crippen LogP contribution >= 0.6 is 0 Å². The molecule has 0 aliphatic carbocycles.